The predicted molar refractivity (Wildman–Crippen MR) is 50.1 cm³/mol. The lowest BCUT2D eigenvalue weighted by Gasteiger charge is -2.28. The monoisotopic (exact) mass is 159 g/mol. The highest BCUT2D eigenvalue weighted by Gasteiger charge is 2.26. The van der Waals surface area contributed by atoms with Gasteiger partial charge in [-0.3, -0.25) is 0 Å². The smallest absolute Gasteiger partial charge is 0.0789 e. The molecule has 0 unspecified atom stereocenters. The van der Waals surface area contributed by atoms with E-state index in [0.29, 0.717) is 4.99 Å². The normalized spacial score (nSPS) is 11.5. The van der Waals surface area contributed by atoms with Crippen LogP contribution in [-0.2, 0) is 0 Å². The number of hydrogen-bond acceptors (Lipinski definition) is 1. The molecule has 0 saturated carbocycles. The van der Waals surface area contributed by atoms with Crippen molar-refractivity contribution < 1.29 is 0 Å². The zero-order valence-corrected chi connectivity index (χ0v) is 7.92. The predicted octanol–water partition coefficient (Wildman–Crippen LogP) is 2.49. The van der Waals surface area contributed by atoms with Gasteiger partial charge < -0.3 is 5.73 Å². The van der Waals surface area contributed by atoms with Gasteiger partial charge in [-0.1, -0.05) is 33.0 Å². The topological polar surface area (TPSA) is 26.0 Å². The molecule has 0 aliphatic heterocycles. The van der Waals surface area contributed by atoms with Gasteiger partial charge in [-0.15, -0.1) is 0 Å². The zero-order chi connectivity index (χ0) is 8.20. The Labute approximate surface area is 69.0 Å². The SMILES string of the molecule is CCC(CC)(CC)C(N)=S. The minimum absolute atomic E-state index is 0.134. The van der Waals surface area contributed by atoms with E-state index in [1.54, 1.807) is 0 Å². The van der Waals surface area contributed by atoms with Gasteiger partial charge >= 0.3 is 0 Å². The molecule has 0 aromatic rings. The number of nitrogens with two attached hydrogens (primary N) is 1. The van der Waals surface area contributed by atoms with Crippen LogP contribution >= 0.6 is 12.2 Å². The van der Waals surface area contributed by atoms with Gasteiger partial charge in [0.25, 0.3) is 0 Å². The highest BCUT2D eigenvalue weighted by atomic mass is 32.1. The van der Waals surface area contributed by atoms with Crippen LogP contribution in [0.15, 0.2) is 0 Å². The summed E-state index contributed by atoms with van der Waals surface area (Å²) in [5.74, 6) is 0. The zero-order valence-electron chi connectivity index (χ0n) is 7.11. The Morgan fingerprint density at radius 3 is 1.50 bits per heavy atom. The van der Waals surface area contributed by atoms with Crippen molar-refractivity contribution >= 4 is 17.2 Å². The molecular weight excluding hydrogens is 142 g/mol. The minimum Gasteiger partial charge on any atom is -0.393 e. The third-order valence-electron chi connectivity index (χ3n) is 2.55. The first kappa shape index (κ1) is 9.89. The summed E-state index contributed by atoms with van der Waals surface area (Å²) in [5.41, 5.74) is 5.77. The quantitative estimate of drug-likeness (QED) is 0.638. The van der Waals surface area contributed by atoms with Crippen LogP contribution in [0.5, 0.6) is 0 Å². The molecule has 0 rings (SSSR count). The van der Waals surface area contributed by atoms with Crippen LogP contribution in [0.2, 0.25) is 0 Å². The number of rotatable bonds is 4. The Morgan fingerprint density at radius 2 is 1.50 bits per heavy atom. The van der Waals surface area contributed by atoms with Gasteiger partial charge in [0.1, 0.15) is 0 Å². The van der Waals surface area contributed by atoms with E-state index < -0.39 is 0 Å². The molecule has 0 aromatic heterocycles. The fourth-order valence-corrected chi connectivity index (χ4v) is 1.71. The molecule has 0 aromatic carbocycles. The van der Waals surface area contributed by atoms with Gasteiger partial charge in [-0.25, -0.2) is 0 Å². The maximum Gasteiger partial charge on any atom is 0.0789 e. The van der Waals surface area contributed by atoms with Gasteiger partial charge in [-0.2, -0.15) is 0 Å². The fourth-order valence-electron chi connectivity index (χ4n) is 1.27. The lowest BCUT2D eigenvalue weighted by Crippen LogP contribution is -2.33. The molecule has 0 fully saturated rings. The summed E-state index contributed by atoms with van der Waals surface area (Å²) < 4.78 is 0. The lowest BCUT2D eigenvalue weighted by atomic mass is 9.80. The van der Waals surface area contributed by atoms with E-state index >= 15 is 0 Å². The fraction of sp³-hybridized carbons (Fsp3) is 0.875. The molecule has 0 aliphatic rings. The largest absolute Gasteiger partial charge is 0.393 e. The summed E-state index contributed by atoms with van der Waals surface area (Å²) in [7, 11) is 0. The summed E-state index contributed by atoms with van der Waals surface area (Å²) >= 11 is 5.00. The van der Waals surface area contributed by atoms with E-state index in [-0.39, 0.29) is 5.41 Å². The second kappa shape index (κ2) is 3.91. The van der Waals surface area contributed by atoms with Crippen LogP contribution in [0.4, 0.5) is 0 Å². The van der Waals surface area contributed by atoms with Crippen LogP contribution in [-0.4, -0.2) is 4.99 Å². The van der Waals surface area contributed by atoms with Crippen molar-refractivity contribution in [3.63, 3.8) is 0 Å². The summed E-state index contributed by atoms with van der Waals surface area (Å²) in [4.78, 5) is 0.681. The summed E-state index contributed by atoms with van der Waals surface area (Å²) in [6.07, 6.45) is 3.19. The van der Waals surface area contributed by atoms with Crippen molar-refractivity contribution in [1.82, 2.24) is 0 Å². The number of hydrogen-bond donors (Lipinski definition) is 1. The third kappa shape index (κ3) is 1.69. The van der Waals surface area contributed by atoms with Crippen LogP contribution < -0.4 is 5.73 Å². The second-order valence-electron chi connectivity index (χ2n) is 2.71. The maximum absolute atomic E-state index is 5.63. The lowest BCUT2D eigenvalue weighted by molar-refractivity contribution is 0.376. The van der Waals surface area contributed by atoms with Gasteiger partial charge in [0.2, 0.25) is 0 Å². The highest BCUT2D eigenvalue weighted by Crippen LogP contribution is 2.30. The molecule has 0 amide bonds. The first-order valence-electron chi connectivity index (χ1n) is 3.92. The Balaban J connectivity index is 4.31. The molecule has 10 heavy (non-hydrogen) atoms. The van der Waals surface area contributed by atoms with Gasteiger partial charge in [0.05, 0.1) is 4.99 Å². The van der Waals surface area contributed by atoms with E-state index in [4.69, 9.17) is 18.0 Å². The molecule has 0 saturated heterocycles. The van der Waals surface area contributed by atoms with Crippen molar-refractivity contribution in [3.8, 4) is 0 Å². The standard InChI is InChI=1S/C8H17NS/c1-4-8(5-2,6-3)7(9)10/h4-6H2,1-3H3,(H2,9,10). The van der Waals surface area contributed by atoms with Crippen LogP contribution in [0.3, 0.4) is 0 Å². The van der Waals surface area contributed by atoms with Crippen molar-refractivity contribution in [3.05, 3.63) is 0 Å². The van der Waals surface area contributed by atoms with E-state index in [2.05, 4.69) is 20.8 Å². The molecule has 0 bridgehead atoms. The Bertz CT molecular complexity index is 108. The summed E-state index contributed by atoms with van der Waals surface area (Å²) in [6.45, 7) is 6.44. The Morgan fingerprint density at radius 1 is 1.20 bits per heavy atom. The van der Waals surface area contributed by atoms with Gasteiger partial charge in [0.15, 0.2) is 0 Å². The van der Waals surface area contributed by atoms with Crippen molar-refractivity contribution in [2.75, 3.05) is 0 Å². The molecule has 60 valence electrons. The summed E-state index contributed by atoms with van der Waals surface area (Å²) in [5, 5.41) is 0. The molecule has 2 N–H and O–H groups in total. The Kier molecular flexibility index (Phi) is 3.87. The first-order valence-corrected chi connectivity index (χ1v) is 4.33. The Hall–Kier alpha value is -0.110. The molecule has 2 heteroatoms. The van der Waals surface area contributed by atoms with E-state index in [1.807, 2.05) is 0 Å². The van der Waals surface area contributed by atoms with Gasteiger partial charge in [0, 0.05) is 5.41 Å². The van der Waals surface area contributed by atoms with Crippen molar-refractivity contribution in [2.24, 2.45) is 11.1 Å². The minimum atomic E-state index is 0.134. The molecule has 0 heterocycles. The van der Waals surface area contributed by atoms with E-state index in [0.717, 1.165) is 19.3 Å². The average molecular weight is 159 g/mol. The average Bonchev–Trinajstić information content (AvgIpc) is 1.92. The van der Waals surface area contributed by atoms with E-state index in [9.17, 15) is 0 Å². The third-order valence-corrected chi connectivity index (χ3v) is 2.99. The molecule has 1 nitrogen and oxygen atoms in total. The van der Waals surface area contributed by atoms with Crippen molar-refractivity contribution in [1.29, 1.82) is 0 Å². The second-order valence-corrected chi connectivity index (χ2v) is 3.15. The van der Waals surface area contributed by atoms with E-state index in [1.165, 1.54) is 0 Å². The molecule has 0 radical (unpaired) electrons. The first-order chi connectivity index (χ1) is 4.63. The van der Waals surface area contributed by atoms with Crippen LogP contribution in [0.25, 0.3) is 0 Å². The highest BCUT2D eigenvalue weighted by molar-refractivity contribution is 7.80. The van der Waals surface area contributed by atoms with Crippen molar-refractivity contribution in [2.45, 2.75) is 40.0 Å². The maximum atomic E-state index is 5.63. The molecule has 0 spiro atoms. The van der Waals surface area contributed by atoms with Crippen LogP contribution in [0, 0.1) is 5.41 Å². The molecular formula is C8H17NS. The summed E-state index contributed by atoms with van der Waals surface area (Å²) in [6, 6.07) is 0. The molecule has 0 aliphatic carbocycles. The van der Waals surface area contributed by atoms with Crippen LogP contribution in [0.1, 0.15) is 40.0 Å². The number of thiocarbonyl (C=S) groups is 1. The molecule has 0 atom stereocenters. The van der Waals surface area contributed by atoms with Gasteiger partial charge in [-0.05, 0) is 19.3 Å².